The maximum absolute atomic E-state index is 12.6. The summed E-state index contributed by atoms with van der Waals surface area (Å²) >= 11 is 13.3. The number of halogens is 2. The van der Waals surface area contributed by atoms with Crippen LogP contribution < -0.4 is 10.0 Å². The minimum absolute atomic E-state index is 0.0385. The average Bonchev–Trinajstić information content (AvgIpc) is 2.98. The third-order valence-corrected chi connectivity index (χ3v) is 6.77. The summed E-state index contributed by atoms with van der Waals surface area (Å²) in [7, 11) is -3.79. The average molecular weight is 437 g/mol. The van der Waals surface area contributed by atoms with Crippen LogP contribution in [0.3, 0.4) is 0 Å². The summed E-state index contributed by atoms with van der Waals surface area (Å²) in [6, 6.07) is 2.37. The second-order valence-corrected chi connectivity index (χ2v) is 9.91. The molecule has 0 spiro atoms. The molecule has 0 radical (unpaired) electrons. The van der Waals surface area contributed by atoms with Crippen LogP contribution in [0.1, 0.15) is 43.1 Å². The Balaban J connectivity index is 2.37. The van der Waals surface area contributed by atoms with Gasteiger partial charge < -0.3 is 0 Å². The fourth-order valence-corrected chi connectivity index (χ4v) is 4.27. The second kappa shape index (κ2) is 7.77. The van der Waals surface area contributed by atoms with Crippen molar-refractivity contribution in [2.45, 2.75) is 38.0 Å². The number of amides is 1. The Morgan fingerprint density at radius 3 is 2.42 bits per heavy atom. The van der Waals surface area contributed by atoms with Crippen molar-refractivity contribution in [2.24, 2.45) is 0 Å². The van der Waals surface area contributed by atoms with Crippen LogP contribution >= 0.6 is 34.5 Å². The number of nitrogens with one attached hydrogen (secondary N) is 2. The lowest BCUT2D eigenvalue weighted by atomic mass is 9.98. The van der Waals surface area contributed by atoms with E-state index in [1.807, 2.05) is 20.8 Å². The highest BCUT2D eigenvalue weighted by Crippen LogP contribution is 2.31. The highest BCUT2D eigenvalue weighted by molar-refractivity contribution is 7.89. The Bertz CT molecular complexity index is 937. The number of nitrogens with zero attached hydrogens (tertiary/aromatic N) is 2. The predicted octanol–water partition coefficient (Wildman–Crippen LogP) is 3.69. The molecule has 0 fully saturated rings. The van der Waals surface area contributed by atoms with E-state index >= 15 is 0 Å². The molecule has 0 saturated carbocycles. The van der Waals surface area contributed by atoms with Gasteiger partial charge in [0.2, 0.25) is 15.2 Å². The lowest BCUT2D eigenvalue weighted by molar-refractivity contribution is 0.102. The van der Waals surface area contributed by atoms with Crippen molar-refractivity contribution >= 4 is 55.6 Å². The maximum atomic E-state index is 12.6. The zero-order valence-corrected chi connectivity index (χ0v) is 17.7. The molecule has 2 aromatic rings. The van der Waals surface area contributed by atoms with Gasteiger partial charge in [-0.3, -0.25) is 10.1 Å². The molecule has 26 heavy (non-hydrogen) atoms. The van der Waals surface area contributed by atoms with E-state index in [-0.39, 0.29) is 37.6 Å². The quantitative estimate of drug-likeness (QED) is 0.743. The molecule has 0 atom stereocenters. The zero-order valence-electron chi connectivity index (χ0n) is 14.6. The third-order valence-electron chi connectivity index (χ3n) is 3.18. The normalized spacial score (nSPS) is 12.2. The highest BCUT2D eigenvalue weighted by Gasteiger charge is 2.23. The number of rotatable bonds is 5. The summed E-state index contributed by atoms with van der Waals surface area (Å²) < 4.78 is 26.7. The number of carbonyl (C=O) groups is 1. The molecule has 0 aliphatic carbocycles. The van der Waals surface area contributed by atoms with Crippen molar-refractivity contribution in [1.82, 2.24) is 14.9 Å². The lowest BCUT2D eigenvalue weighted by Crippen LogP contribution is -2.24. The third kappa shape index (κ3) is 4.72. The summed E-state index contributed by atoms with van der Waals surface area (Å²) in [6.07, 6.45) is 0. The molecule has 2 N–H and O–H groups in total. The number of aromatic nitrogens is 2. The van der Waals surface area contributed by atoms with Gasteiger partial charge in [-0.15, -0.1) is 10.2 Å². The van der Waals surface area contributed by atoms with Crippen molar-refractivity contribution in [3.05, 3.63) is 32.7 Å². The molecule has 142 valence electrons. The monoisotopic (exact) mass is 436 g/mol. The van der Waals surface area contributed by atoms with Crippen molar-refractivity contribution < 1.29 is 13.2 Å². The minimum atomic E-state index is -3.79. The van der Waals surface area contributed by atoms with Crippen LogP contribution in [0.2, 0.25) is 10.0 Å². The summed E-state index contributed by atoms with van der Waals surface area (Å²) in [5.74, 6) is -0.623. The van der Waals surface area contributed by atoms with E-state index in [9.17, 15) is 13.2 Å². The molecule has 7 nitrogen and oxygen atoms in total. The molecule has 0 aliphatic rings. The van der Waals surface area contributed by atoms with Crippen molar-refractivity contribution in [3.63, 3.8) is 0 Å². The molecule has 11 heteroatoms. The molecule has 1 aromatic heterocycles. The van der Waals surface area contributed by atoms with Gasteiger partial charge in [0.05, 0.1) is 20.5 Å². The van der Waals surface area contributed by atoms with Gasteiger partial charge >= 0.3 is 0 Å². The maximum Gasteiger partial charge on any atom is 0.259 e. The van der Waals surface area contributed by atoms with E-state index in [0.29, 0.717) is 0 Å². The van der Waals surface area contributed by atoms with Crippen LogP contribution in [0.25, 0.3) is 0 Å². The van der Waals surface area contributed by atoms with Gasteiger partial charge in [0.15, 0.2) is 0 Å². The molecular formula is C15H18Cl2N4O3S2. The van der Waals surface area contributed by atoms with Gasteiger partial charge in [-0.1, -0.05) is 62.2 Å². The van der Waals surface area contributed by atoms with Crippen molar-refractivity contribution in [1.29, 1.82) is 0 Å². The molecule has 2 rings (SSSR count). The summed E-state index contributed by atoms with van der Waals surface area (Å²) in [5, 5.41) is 11.5. The van der Waals surface area contributed by atoms with E-state index < -0.39 is 15.9 Å². The first kappa shape index (κ1) is 21.0. The summed E-state index contributed by atoms with van der Waals surface area (Å²) in [4.78, 5) is 12.4. The smallest absolute Gasteiger partial charge is 0.259 e. The van der Waals surface area contributed by atoms with Gasteiger partial charge in [-0.2, -0.15) is 0 Å². The topological polar surface area (TPSA) is 101 Å². The molecule has 1 heterocycles. The fraction of sp³-hybridized carbons (Fsp3) is 0.400. The van der Waals surface area contributed by atoms with E-state index in [1.165, 1.54) is 23.5 Å². The van der Waals surface area contributed by atoms with E-state index in [2.05, 4.69) is 20.2 Å². The number of benzene rings is 1. The Morgan fingerprint density at radius 2 is 1.88 bits per heavy atom. The molecule has 0 bridgehead atoms. The lowest BCUT2D eigenvalue weighted by Gasteiger charge is -2.12. The fourth-order valence-electron chi connectivity index (χ4n) is 1.90. The number of hydrogen-bond donors (Lipinski definition) is 2. The number of hydrogen-bond acceptors (Lipinski definition) is 6. The Kier molecular flexibility index (Phi) is 6.29. The zero-order chi connectivity index (χ0) is 19.7. The molecule has 1 amide bonds. The van der Waals surface area contributed by atoms with E-state index in [0.717, 1.165) is 5.01 Å². The van der Waals surface area contributed by atoms with Crippen molar-refractivity contribution in [3.8, 4) is 0 Å². The Morgan fingerprint density at radius 1 is 1.23 bits per heavy atom. The van der Waals surface area contributed by atoms with Crippen LogP contribution in [0.15, 0.2) is 17.0 Å². The van der Waals surface area contributed by atoms with Crippen LogP contribution in [-0.4, -0.2) is 31.1 Å². The molecular weight excluding hydrogens is 419 g/mol. The first-order chi connectivity index (χ1) is 12.0. The van der Waals surface area contributed by atoms with Gasteiger partial charge in [0.25, 0.3) is 5.91 Å². The van der Waals surface area contributed by atoms with Crippen LogP contribution in [0.4, 0.5) is 5.13 Å². The van der Waals surface area contributed by atoms with Gasteiger partial charge in [0, 0.05) is 12.0 Å². The minimum Gasteiger partial charge on any atom is -0.296 e. The number of sulfonamides is 1. The predicted molar refractivity (Wildman–Crippen MR) is 104 cm³/mol. The van der Waals surface area contributed by atoms with E-state index in [4.69, 9.17) is 23.2 Å². The highest BCUT2D eigenvalue weighted by atomic mass is 35.5. The van der Waals surface area contributed by atoms with Gasteiger partial charge in [-0.25, -0.2) is 13.1 Å². The van der Waals surface area contributed by atoms with E-state index in [1.54, 1.807) is 6.92 Å². The summed E-state index contributed by atoms with van der Waals surface area (Å²) in [6.45, 7) is 7.77. The number of carbonyl (C=O) groups excluding carboxylic acids is 1. The van der Waals surface area contributed by atoms with Gasteiger partial charge in [0.1, 0.15) is 5.01 Å². The Hall–Kier alpha value is -1.26. The molecule has 0 saturated heterocycles. The van der Waals surface area contributed by atoms with Crippen molar-refractivity contribution in [2.75, 3.05) is 11.9 Å². The van der Waals surface area contributed by atoms with Crippen LogP contribution in [-0.2, 0) is 15.4 Å². The van der Waals surface area contributed by atoms with Crippen LogP contribution in [0, 0.1) is 0 Å². The standard InChI is InChI=1S/C15H18Cl2N4O3S2/c1-5-18-26(23,24)8-6-9(11(17)10(16)7-8)12(22)19-14-21-20-13(25-14)15(2,3)4/h6-7,18H,5H2,1-4H3,(H,19,21,22). The molecule has 0 unspecified atom stereocenters. The number of anilines is 1. The SMILES string of the molecule is CCNS(=O)(=O)c1cc(Cl)c(Cl)c(C(=O)Nc2nnc(C(C)(C)C)s2)c1. The van der Waals surface area contributed by atoms with Crippen LogP contribution in [0.5, 0.6) is 0 Å². The summed E-state index contributed by atoms with van der Waals surface area (Å²) in [5.41, 5.74) is -0.273. The molecule has 0 aliphatic heterocycles. The Labute approximate surface area is 166 Å². The molecule has 1 aromatic carbocycles. The van der Waals surface area contributed by atoms with Gasteiger partial charge in [-0.05, 0) is 12.1 Å². The first-order valence-electron chi connectivity index (χ1n) is 7.59. The largest absolute Gasteiger partial charge is 0.296 e. The first-order valence-corrected chi connectivity index (χ1v) is 10.7. The second-order valence-electron chi connectivity index (χ2n) is 6.38.